The molecule has 23 heavy (non-hydrogen) atoms. The second-order valence-electron chi connectivity index (χ2n) is 5.31. The molecule has 0 saturated carbocycles. The molecule has 1 N–H and O–H groups in total. The van der Waals surface area contributed by atoms with Gasteiger partial charge in [0.15, 0.2) is 0 Å². The van der Waals surface area contributed by atoms with Crippen molar-refractivity contribution in [1.82, 2.24) is 9.55 Å². The Bertz CT molecular complexity index is 1050. The summed E-state index contributed by atoms with van der Waals surface area (Å²) in [5.41, 5.74) is 2.31. The van der Waals surface area contributed by atoms with E-state index < -0.39 is 0 Å². The number of azo groups is 1. The van der Waals surface area contributed by atoms with Gasteiger partial charge in [-0.15, -0.1) is 10.2 Å². The van der Waals surface area contributed by atoms with Crippen LogP contribution < -0.4 is 0 Å². The van der Waals surface area contributed by atoms with Crippen molar-refractivity contribution < 1.29 is 5.11 Å². The molecule has 0 fully saturated rings. The minimum absolute atomic E-state index is 0.103. The van der Waals surface area contributed by atoms with Gasteiger partial charge < -0.3 is 9.67 Å². The van der Waals surface area contributed by atoms with Crippen LogP contribution in [0.2, 0.25) is 0 Å². The molecule has 0 saturated heterocycles. The van der Waals surface area contributed by atoms with Gasteiger partial charge in [0.05, 0.1) is 11.0 Å². The lowest BCUT2D eigenvalue weighted by Crippen LogP contribution is -1.85. The molecule has 0 atom stereocenters. The Kier molecular flexibility index (Phi) is 3.05. The normalized spacial score (nSPS) is 11.7. The highest BCUT2D eigenvalue weighted by Crippen LogP contribution is 2.36. The molecule has 0 aliphatic heterocycles. The third-order valence-electron chi connectivity index (χ3n) is 3.88. The van der Waals surface area contributed by atoms with Crippen LogP contribution in [0.25, 0.3) is 21.8 Å². The maximum atomic E-state index is 10.1. The molecule has 5 heteroatoms. The van der Waals surface area contributed by atoms with E-state index in [2.05, 4.69) is 15.2 Å². The lowest BCUT2D eigenvalue weighted by molar-refractivity contribution is 0.477. The number of hydrogen-bond acceptors (Lipinski definition) is 4. The molecule has 4 rings (SSSR count). The summed E-state index contributed by atoms with van der Waals surface area (Å²) in [7, 11) is 1.90. The SMILES string of the molecule is Cn1c(N=Nc2c(O)ccc3ccccc23)nc2ccccc21. The third-order valence-corrected chi connectivity index (χ3v) is 3.88. The topological polar surface area (TPSA) is 62.8 Å². The number of para-hydroxylation sites is 2. The number of hydrogen-bond donors (Lipinski definition) is 1. The van der Waals surface area contributed by atoms with E-state index in [4.69, 9.17) is 0 Å². The van der Waals surface area contributed by atoms with Crippen molar-refractivity contribution in [3.8, 4) is 5.75 Å². The summed E-state index contributed by atoms with van der Waals surface area (Å²) < 4.78 is 1.88. The highest BCUT2D eigenvalue weighted by molar-refractivity contribution is 5.95. The van der Waals surface area contributed by atoms with Crippen LogP contribution in [0.1, 0.15) is 0 Å². The molecular weight excluding hydrogens is 288 g/mol. The number of rotatable bonds is 2. The van der Waals surface area contributed by atoms with Gasteiger partial charge in [-0.1, -0.05) is 42.5 Å². The zero-order valence-electron chi connectivity index (χ0n) is 12.5. The number of phenolic OH excluding ortho intramolecular Hbond substituents is 1. The smallest absolute Gasteiger partial charge is 0.250 e. The molecule has 0 aliphatic rings. The standard InChI is InChI=1S/C18H14N4O/c1-22-15-9-5-4-8-14(15)19-18(22)21-20-17-13-7-3-2-6-12(13)10-11-16(17)23/h2-11,23H,1H3. The van der Waals surface area contributed by atoms with Crippen molar-refractivity contribution in [2.45, 2.75) is 0 Å². The Morgan fingerprint density at radius 2 is 1.70 bits per heavy atom. The number of benzene rings is 3. The lowest BCUT2D eigenvalue weighted by atomic mass is 10.1. The van der Waals surface area contributed by atoms with Crippen molar-refractivity contribution in [3.05, 3.63) is 60.7 Å². The monoisotopic (exact) mass is 302 g/mol. The Morgan fingerprint density at radius 1 is 0.913 bits per heavy atom. The van der Waals surface area contributed by atoms with Gasteiger partial charge in [0.1, 0.15) is 11.4 Å². The number of fused-ring (bicyclic) bond motifs is 2. The first kappa shape index (κ1) is 13.5. The van der Waals surface area contributed by atoms with Crippen molar-refractivity contribution in [2.75, 3.05) is 0 Å². The maximum Gasteiger partial charge on any atom is 0.250 e. The summed E-state index contributed by atoms with van der Waals surface area (Å²) in [5, 5.41) is 20.5. The van der Waals surface area contributed by atoms with Gasteiger partial charge in [0.25, 0.3) is 0 Å². The summed E-state index contributed by atoms with van der Waals surface area (Å²) in [6.45, 7) is 0. The van der Waals surface area contributed by atoms with E-state index in [0.717, 1.165) is 21.8 Å². The number of nitrogens with zero attached hydrogens (tertiary/aromatic N) is 4. The van der Waals surface area contributed by atoms with E-state index in [1.165, 1.54) is 0 Å². The van der Waals surface area contributed by atoms with E-state index >= 15 is 0 Å². The van der Waals surface area contributed by atoms with Crippen molar-refractivity contribution in [1.29, 1.82) is 0 Å². The molecule has 0 radical (unpaired) electrons. The molecule has 3 aromatic carbocycles. The summed E-state index contributed by atoms with van der Waals surface area (Å²) in [6.07, 6.45) is 0. The average Bonchev–Trinajstić information content (AvgIpc) is 2.90. The fraction of sp³-hybridized carbons (Fsp3) is 0.0556. The van der Waals surface area contributed by atoms with Gasteiger partial charge in [-0.2, -0.15) is 0 Å². The number of imidazole rings is 1. The van der Waals surface area contributed by atoms with Crippen LogP contribution in [0.3, 0.4) is 0 Å². The number of aryl methyl sites for hydroxylation is 1. The summed E-state index contributed by atoms with van der Waals surface area (Å²) in [5.74, 6) is 0.602. The predicted octanol–water partition coefficient (Wildman–Crippen LogP) is 4.85. The van der Waals surface area contributed by atoms with Crippen molar-refractivity contribution in [2.24, 2.45) is 17.3 Å². The molecule has 0 bridgehead atoms. The number of aromatic nitrogens is 2. The Hall–Kier alpha value is -3.21. The van der Waals surface area contributed by atoms with E-state index in [0.29, 0.717) is 11.6 Å². The van der Waals surface area contributed by atoms with Crippen LogP contribution in [0.5, 0.6) is 5.75 Å². The quantitative estimate of drug-likeness (QED) is 0.538. The number of phenols is 1. The third kappa shape index (κ3) is 2.23. The van der Waals surface area contributed by atoms with Gasteiger partial charge >= 0.3 is 0 Å². The highest BCUT2D eigenvalue weighted by Gasteiger charge is 2.08. The van der Waals surface area contributed by atoms with Crippen LogP contribution in [0, 0.1) is 0 Å². The minimum Gasteiger partial charge on any atom is -0.506 e. The summed E-state index contributed by atoms with van der Waals surface area (Å²) >= 11 is 0. The van der Waals surface area contributed by atoms with E-state index in [-0.39, 0.29) is 5.75 Å². The van der Waals surface area contributed by atoms with Crippen LogP contribution in [0.4, 0.5) is 11.6 Å². The number of aromatic hydroxyl groups is 1. The molecule has 1 heterocycles. The fourth-order valence-electron chi connectivity index (χ4n) is 2.67. The average molecular weight is 302 g/mol. The Morgan fingerprint density at radius 3 is 2.57 bits per heavy atom. The first-order valence-electron chi connectivity index (χ1n) is 7.28. The first-order chi connectivity index (χ1) is 11.2. The minimum atomic E-state index is 0.103. The molecule has 0 amide bonds. The molecule has 0 unspecified atom stereocenters. The molecular formula is C18H14N4O. The molecule has 112 valence electrons. The zero-order chi connectivity index (χ0) is 15.8. The van der Waals surface area contributed by atoms with Gasteiger partial charge in [0, 0.05) is 12.4 Å². The zero-order valence-corrected chi connectivity index (χ0v) is 12.5. The lowest BCUT2D eigenvalue weighted by Gasteiger charge is -2.03. The fourth-order valence-corrected chi connectivity index (χ4v) is 2.67. The van der Waals surface area contributed by atoms with Crippen molar-refractivity contribution in [3.63, 3.8) is 0 Å². The second-order valence-corrected chi connectivity index (χ2v) is 5.31. The Balaban J connectivity index is 1.85. The van der Waals surface area contributed by atoms with Gasteiger partial charge in [0.2, 0.25) is 5.95 Å². The van der Waals surface area contributed by atoms with E-state index in [1.807, 2.05) is 66.2 Å². The molecule has 4 aromatic rings. The van der Waals surface area contributed by atoms with Crippen molar-refractivity contribution >= 4 is 33.4 Å². The van der Waals surface area contributed by atoms with Crippen LogP contribution in [-0.2, 0) is 7.05 Å². The molecule has 0 aliphatic carbocycles. The van der Waals surface area contributed by atoms with Crippen LogP contribution in [0.15, 0.2) is 70.9 Å². The van der Waals surface area contributed by atoms with Gasteiger partial charge in [-0.25, -0.2) is 4.98 Å². The molecule has 5 nitrogen and oxygen atoms in total. The maximum absolute atomic E-state index is 10.1. The molecule has 1 aromatic heterocycles. The first-order valence-corrected chi connectivity index (χ1v) is 7.28. The second kappa shape index (κ2) is 5.21. The Labute approximate surface area is 132 Å². The van der Waals surface area contributed by atoms with Gasteiger partial charge in [-0.05, 0) is 23.6 Å². The van der Waals surface area contributed by atoms with Crippen LogP contribution >= 0.6 is 0 Å². The van der Waals surface area contributed by atoms with Gasteiger partial charge in [-0.3, -0.25) is 0 Å². The van der Waals surface area contributed by atoms with Crippen LogP contribution in [-0.4, -0.2) is 14.7 Å². The summed E-state index contributed by atoms with van der Waals surface area (Å²) in [4.78, 5) is 4.46. The summed E-state index contributed by atoms with van der Waals surface area (Å²) in [6, 6.07) is 19.1. The largest absolute Gasteiger partial charge is 0.506 e. The predicted molar refractivity (Wildman–Crippen MR) is 90.5 cm³/mol. The van der Waals surface area contributed by atoms with E-state index in [1.54, 1.807) is 6.07 Å². The molecule has 0 spiro atoms. The van der Waals surface area contributed by atoms with E-state index in [9.17, 15) is 5.11 Å². The highest BCUT2D eigenvalue weighted by atomic mass is 16.3.